The van der Waals surface area contributed by atoms with Crippen molar-refractivity contribution in [3.8, 4) is 0 Å². The van der Waals surface area contributed by atoms with Gasteiger partial charge >= 0.3 is 0 Å². The summed E-state index contributed by atoms with van der Waals surface area (Å²) in [6.45, 7) is 8.30. The summed E-state index contributed by atoms with van der Waals surface area (Å²) in [6, 6.07) is 3.79. The third-order valence-electron chi connectivity index (χ3n) is 3.30. The highest BCUT2D eigenvalue weighted by atomic mass is 16.1. The van der Waals surface area contributed by atoms with Crippen LogP contribution in [-0.2, 0) is 5.41 Å². The van der Waals surface area contributed by atoms with Gasteiger partial charge in [-0.25, -0.2) is 4.98 Å². The molecule has 0 spiro atoms. The molecule has 98 valence electrons. The number of rotatable bonds is 2. The van der Waals surface area contributed by atoms with Crippen LogP contribution in [0.25, 0.3) is 0 Å². The number of aromatic nitrogens is 1. The zero-order valence-corrected chi connectivity index (χ0v) is 11.4. The van der Waals surface area contributed by atoms with E-state index < -0.39 is 0 Å². The van der Waals surface area contributed by atoms with Crippen LogP contribution in [0.3, 0.4) is 0 Å². The molecule has 2 unspecified atom stereocenters. The lowest BCUT2D eigenvalue weighted by Crippen LogP contribution is -2.27. The molecule has 0 aliphatic heterocycles. The number of anilines is 1. The van der Waals surface area contributed by atoms with Gasteiger partial charge in [-0.3, -0.25) is 4.79 Å². The first-order chi connectivity index (χ1) is 8.27. The fourth-order valence-corrected chi connectivity index (χ4v) is 1.84. The molecule has 1 aromatic heterocycles. The van der Waals surface area contributed by atoms with E-state index in [1.165, 1.54) is 0 Å². The maximum absolute atomic E-state index is 12.1. The molecule has 1 saturated carbocycles. The Morgan fingerprint density at radius 2 is 2.06 bits per heavy atom. The second-order valence-corrected chi connectivity index (χ2v) is 6.21. The molecule has 1 fully saturated rings. The second-order valence-electron chi connectivity index (χ2n) is 6.21. The molecule has 0 saturated heterocycles. The molecule has 1 aliphatic carbocycles. The minimum Gasteiger partial charge on any atom is -0.384 e. The SMILES string of the molecule is CC1CC1NC(=O)c1cc(N)nc(C(C)(C)C)c1. The quantitative estimate of drug-likeness (QED) is 0.841. The normalized spacial score (nSPS) is 22.7. The number of nitrogens with zero attached hydrogens (tertiary/aromatic N) is 1. The molecule has 0 aromatic carbocycles. The number of hydrogen-bond donors (Lipinski definition) is 2. The van der Waals surface area contributed by atoms with E-state index >= 15 is 0 Å². The van der Waals surface area contributed by atoms with Gasteiger partial charge in [-0.05, 0) is 24.5 Å². The van der Waals surface area contributed by atoms with Crippen LogP contribution in [0.15, 0.2) is 12.1 Å². The summed E-state index contributed by atoms with van der Waals surface area (Å²) in [5.74, 6) is 0.940. The average molecular weight is 247 g/mol. The highest BCUT2D eigenvalue weighted by molar-refractivity contribution is 5.95. The number of nitrogens with two attached hydrogens (primary N) is 1. The first-order valence-electron chi connectivity index (χ1n) is 6.36. The van der Waals surface area contributed by atoms with Crippen LogP contribution in [0.5, 0.6) is 0 Å². The topological polar surface area (TPSA) is 68.0 Å². The second kappa shape index (κ2) is 4.26. The lowest BCUT2D eigenvalue weighted by molar-refractivity contribution is 0.0949. The molecular formula is C14H21N3O. The van der Waals surface area contributed by atoms with Gasteiger partial charge in [0.25, 0.3) is 5.91 Å². The van der Waals surface area contributed by atoms with Gasteiger partial charge in [0.15, 0.2) is 0 Å². The Balaban J connectivity index is 2.22. The number of pyridine rings is 1. The molecule has 1 aromatic rings. The van der Waals surface area contributed by atoms with Gasteiger partial charge in [0, 0.05) is 22.7 Å². The van der Waals surface area contributed by atoms with E-state index in [4.69, 9.17) is 5.73 Å². The lowest BCUT2D eigenvalue weighted by Gasteiger charge is -2.19. The third kappa shape index (κ3) is 2.81. The number of nitrogen functional groups attached to an aromatic ring is 1. The van der Waals surface area contributed by atoms with Gasteiger partial charge in [0.1, 0.15) is 5.82 Å². The van der Waals surface area contributed by atoms with Crippen molar-refractivity contribution in [1.82, 2.24) is 10.3 Å². The van der Waals surface area contributed by atoms with E-state index in [9.17, 15) is 4.79 Å². The molecule has 18 heavy (non-hydrogen) atoms. The standard InChI is InChI=1S/C14H21N3O/c1-8-5-10(8)16-13(18)9-6-11(14(2,3)4)17-12(15)7-9/h6-8,10H,5H2,1-4H3,(H2,15,17)(H,16,18). The van der Waals surface area contributed by atoms with Crippen molar-refractivity contribution in [2.24, 2.45) is 5.92 Å². The summed E-state index contributed by atoms with van der Waals surface area (Å²) in [6.07, 6.45) is 1.07. The summed E-state index contributed by atoms with van der Waals surface area (Å²) >= 11 is 0. The Kier molecular flexibility index (Phi) is 3.05. The van der Waals surface area contributed by atoms with E-state index in [2.05, 4.69) is 38.0 Å². The number of hydrogen-bond acceptors (Lipinski definition) is 3. The van der Waals surface area contributed by atoms with Crippen molar-refractivity contribution in [2.75, 3.05) is 5.73 Å². The van der Waals surface area contributed by atoms with Crippen LogP contribution in [0, 0.1) is 5.92 Å². The summed E-state index contributed by atoms with van der Waals surface area (Å²) in [5.41, 5.74) is 7.11. The van der Waals surface area contributed by atoms with Gasteiger partial charge in [-0.2, -0.15) is 0 Å². The maximum Gasteiger partial charge on any atom is 0.251 e. The van der Waals surface area contributed by atoms with E-state index in [-0.39, 0.29) is 11.3 Å². The molecule has 0 radical (unpaired) electrons. The first-order valence-corrected chi connectivity index (χ1v) is 6.36. The smallest absolute Gasteiger partial charge is 0.251 e. The summed E-state index contributed by atoms with van der Waals surface area (Å²) in [5, 5.41) is 3.00. The predicted octanol–water partition coefficient (Wildman–Crippen LogP) is 2.10. The molecule has 4 nitrogen and oxygen atoms in total. The molecule has 2 rings (SSSR count). The van der Waals surface area contributed by atoms with Crippen molar-refractivity contribution >= 4 is 11.7 Å². The van der Waals surface area contributed by atoms with Gasteiger partial charge < -0.3 is 11.1 Å². The molecule has 3 N–H and O–H groups in total. The largest absolute Gasteiger partial charge is 0.384 e. The Bertz CT molecular complexity index is 476. The van der Waals surface area contributed by atoms with Crippen molar-refractivity contribution in [3.63, 3.8) is 0 Å². The highest BCUT2D eigenvalue weighted by Crippen LogP contribution is 2.29. The summed E-state index contributed by atoms with van der Waals surface area (Å²) in [7, 11) is 0. The minimum atomic E-state index is -0.114. The van der Waals surface area contributed by atoms with E-state index in [0.29, 0.717) is 23.3 Å². The van der Waals surface area contributed by atoms with Crippen molar-refractivity contribution in [3.05, 3.63) is 23.4 Å². The van der Waals surface area contributed by atoms with E-state index in [1.54, 1.807) is 6.07 Å². The Morgan fingerprint density at radius 3 is 2.56 bits per heavy atom. The van der Waals surface area contributed by atoms with Gasteiger partial charge in [0.05, 0.1) is 0 Å². The molecule has 1 aliphatic rings. The van der Waals surface area contributed by atoms with Crippen LogP contribution in [0.1, 0.15) is 50.2 Å². The molecule has 1 amide bonds. The summed E-state index contributed by atoms with van der Waals surface area (Å²) in [4.78, 5) is 16.4. The van der Waals surface area contributed by atoms with Crippen LogP contribution in [-0.4, -0.2) is 16.9 Å². The molecule has 0 bridgehead atoms. The Morgan fingerprint density at radius 1 is 1.44 bits per heavy atom. The van der Waals surface area contributed by atoms with E-state index in [0.717, 1.165) is 12.1 Å². The van der Waals surface area contributed by atoms with Crippen molar-refractivity contribution in [2.45, 2.75) is 45.6 Å². The van der Waals surface area contributed by atoms with Crippen LogP contribution < -0.4 is 11.1 Å². The highest BCUT2D eigenvalue weighted by Gasteiger charge is 2.34. The molecule has 2 atom stereocenters. The van der Waals surface area contributed by atoms with Gasteiger partial charge in [0.2, 0.25) is 0 Å². The van der Waals surface area contributed by atoms with Crippen LogP contribution in [0.2, 0.25) is 0 Å². The summed E-state index contributed by atoms with van der Waals surface area (Å²) < 4.78 is 0. The lowest BCUT2D eigenvalue weighted by atomic mass is 9.90. The van der Waals surface area contributed by atoms with Crippen molar-refractivity contribution < 1.29 is 4.79 Å². The zero-order chi connectivity index (χ0) is 13.5. The fraction of sp³-hybridized carbons (Fsp3) is 0.571. The van der Waals surface area contributed by atoms with Gasteiger partial charge in [-0.1, -0.05) is 27.7 Å². The molecule has 4 heteroatoms. The minimum absolute atomic E-state index is 0.0519. The molecular weight excluding hydrogens is 226 g/mol. The Labute approximate surface area is 108 Å². The fourth-order valence-electron chi connectivity index (χ4n) is 1.84. The van der Waals surface area contributed by atoms with Gasteiger partial charge in [-0.15, -0.1) is 0 Å². The third-order valence-corrected chi connectivity index (χ3v) is 3.30. The maximum atomic E-state index is 12.1. The van der Waals surface area contributed by atoms with E-state index in [1.807, 2.05) is 6.07 Å². The number of carbonyl (C=O) groups is 1. The van der Waals surface area contributed by atoms with Crippen molar-refractivity contribution in [1.29, 1.82) is 0 Å². The Hall–Kier alpha value is -1.58. The van der Waals surface area contributed by atoms with Crippen LogP contribution >= 0.6 is 0 Å². The average Bonchev–Trinajstić information content (AvgIpc) is 2.92. The number of nitrogens with one attached hydrogen (secondary N) is 1. The number of carbonyl (C=O) groups excluding carboxylic acids is 1. The monoisotopic (exact) mass is 247 g/mol. The molecule has 1 heterocycles. The van der Waals surface area contributed by atoms with Crippen LogP contribution in [0.4, 0.5) is 5.82 Å². The zero-order valence-electron chi connectivity index (χ0n) is 11.4. The first kappa shape index (κ1) is 12.9. The predicted molar refractivity (Wildman–Crippen MR) is 72.4 cm³/mol. The number of amides is 1.